The average Bonchev–Trinajstić information content (AvgIpc) is 3.08. The summed E-state index contributed by atoms with van der Waals surface area (Å²) in [5, 5.41) is 0.956. The highest BCUT2D eigenvalue weighted by atomic mass is 32.2. The van der Waals surface area contributed by atoms with Crippen molar-refractivity contribution in [3.8, 4) is 0 Å². The first kappa shape index (κ1) is 24.7. The van der Waals surface area contributed by atoms with Crippen molar-refractivity contribution in [3.63, 3.8) is 0 Å². The van der Waals surface area contributed by atoms with E-state index in [-0.39, 0.29) is 23.5 Å². The molecule has 0 bridgehead atoms. The molecule has 0 radical (unpaired) electrons. The molecule has 9 heteroatoms. The van der Waals surface area contributed by atoms with Crippen LogP contribution in [-0.2, 0) is 14.9 Å². The minimum Gasteiger partial charge on any atom is -0.268 e. The van der Waals surface area contributed by atoms with Gasteiger partial charge in [0.2, 0.25) is 10.0 Å². The summed E-state index contributed by atoms with van der Waals surface area (Å²) in [5.74, 6) is -0.676. The van der Waals surface area contributed by atoms with Gasteiger partial charge in [0, 0.05) is 24.2 Å². The van der Waals surface area contributed by atoms with Crippen LogP contribution >= 0.6 is 0 Å². The number of nitrogens with zero attached hydrogens (tertiary/aromatic N) is 2. The van der Waals surface area contributed by atoms with Gasteiger partial charge >= 0.3 is 0 Å². The zero-order chi connectivity index (χ0) is 24.8. The summed E-state index contributed by atoms with van der Waals surface area (Å²) in [6.07, 6.45) is 10.9. The molecule has 0 spiro atoms. The zero-order valence-electron chi connectivity index (χ0n) is 19.6. The molecule has 0 saturated carbocycles. The Balaban J connectivity index is 1.90. The van der Waals surface area contributed by atoms with Crippen molar-refractivity contribution in [2.45, 2.75) is 11.8 Å². The lowest BCUT2D eigenvalue weighted by atomic mass is 9.75. The Morgan fingerprint density at radius 3 is 2.51 bits per heavy atom. The summed E-state index contributed by atoms with van der Waals surface area (Å²) >= 11 is 0. The van der Waals surface area contributed by atoms with Crippen molar-refractivity contribution < 1.29 is 22.7 Å². The predicted molar refractivity (Wildman–Crippen MR) is 133 cm³/mol. The van der Waals surface area contributed by atoms with Gasteiger partial charge in [-0.15, -0.1) is 0 Å². The number of benzene rings is 1. The monoisotopic (exact) mass is 495 g/mol. The van der Waals surface area contributed by atoms with Gasteiger partial charge in [-0.05, 0) is 59.2 Å². The van der Waals surface area contributed by atoms with Crippen LogP contribution in [0.3, 0.4) is 0 Å². The lowest BCUT2D eigenvalue weighted by Crippen LogP contribution is -3.10. The van der Waals surface area contributed by atoms with Crippen LogP contribution in [0.5, 0.6) is 0 Å². The Bertz CT molecular complexity index is 1310. The number of halogens is 1. The van der Waals surface area contributed by atoms with E-state index in [4.69, 9.17) is 4.84 Å². The molecule has 0 amide bonds. The fourth-order valence-electron chi connectivity index (χ4n) is 4.32. The average molecular weight is 496 g/mol. The normalized spacial score (nSPS) is 17.8. The number of hydroxylamine groups is 2. The number of hydrogen-bond acceptors (Lipinski definition) is 5. The molecular weight excluding hydrogens is 467 g/mol. The van der Waals surface area contributed by atoms with E-state index in [1.807, 2.05) is 24.4 Å². The van der Waals surface area contributed by atoms with E-state index in [1.165, 1.54) is 12.1 Å². The largest absolute Gasteiger partial charge is 0.268 e. The van der Waals surface area contributed by atoms with Crippen LogP contribution in [0.25, 0.3) is 0 Å². The van der Waals surface area contributed by atoms with Crippen molar-refractivity contribution in [1.82, 2.24) is 9.97 Å². The highest BCUT2D eigenvalue weighted by Crippen LogP contribution is 2.43. The number of hydrogen-bond donors (Lipinski definition) is 2. The van der Waals surface area contributed by atoms with E-state index in [2.05, 4.69) is 32.9 Å². The van der Waals surface area contributed by atoms with Crippen LogP contribution < -0.4 is 9.79 Å². The first-order chi connectivity index (χ1) is 16.8. The van der Waals surface area contributed by atoms with Gasteiger partial charge in [0.15, 0.2) is 0 Å². The molecule has 3 unspecified atom stereocenters. The number of aromatic nitrogens is 2. The van der Waals surface area contributed by atoms with Gasteiger partial charge in [-0.25, -0.2) is 22.6 Å². The first-order valence-electron chi connectivity index (χ1n) is 11.2. The van der Waals surface area contributed by atoms with E-state index in [0.717, 1.165) is 28.0 Å². The quantitative estimate of drug-likeness (QED) is 0.502. The minimum absolute atomic E-state index is 0.220. The highest BCUT2D eigenvalue weighted by Gasteiger charge is 2.31. The summed E-state index contributed by atoms with van der Waals surface area (Å²) in [4.78, 5) is 14.5. The highest BCUT2D eigenvalue weighted by molar-refractivity contribution is 7.92. The topological polar surface area (TPSA) is 85.6 Å². The summed E-state index contributed by atoms with van der Waals surface area (Å²) < 4.78 is 40.0. The number of pyridine rings is 2. The van der Waals surface area contributed by atoms with Gasteiger partial charge in [0.05, 0.1) is 19.1 Å². The number of allylic oxidation sites excluding steroid dienone is 2. The Kier molecular flexibility index (Phi) is 7.70. The maximum absolute atomic E-state index is 13.9. The van der Waals surface area contributed by atoms with Gasteiger partial charge in [0.1, 0.15) is 24.7 Å². The molecule has 7 nitrogen and oxygen atoms in total. The second-order valence-electron chi connectivity index (χ2n) is 8.37. The van der Waals surface area contributed by atoms with Gasteiger partial charge < -0.3 is 0 Å². The van der Waals surface area contributed by atoms with E-state index < -0.39 is 10.0 Å². The fraction of sp³-hybridized carbons (Fsp3) is 0.231. The molecule has 1 aliphatic rings. The van der Waals surface area contributed by atoms with Crippen LogP contribution in [0.4, 0.5) is 10.2 Å². The van der Waals surface area contributed by atoms with Crippen molar-refractivity contribution in [3.05, 3.63) is 113 Å². The van der Waals surface area contributed by atoms with Crippen molar-refractivity contribution in [2.75, 3.05) is 31.2 Å². The summed E-state index contributed by atoms with van der Waals surface area (Å²) in [7, 11) is -1.84. The van der Waals surface area contributed by atoms with Gasteiger partial charge in [-0.2, -0.15) is 5.06 Å². The molecule has 4 rings (SSSR count). The lowest BCUT2D eigenvalue weighted by Gasteiger charge is -2.29. The number of anilines is 1. The Labute approximate surface area is 205 Å². The molecule has 182 valence electrons. The van der Waals surface area contributed by atoms with Crippen molar-refractivity contribution in [2.24, 2.45) is 0 Å². The Hall–Kier alpha value is -3.40. The van der Waals surface area contributed by atoms with E-state index in [1.54, 1.807) is 37.6 Å². The molecule has 2 aromatic heterocycles. The van der Waals surface area contributed by atoms with Gasteiger partial charge in [-0.3, -0.25) is 9.71 Å². The molecular formula is C26H28FN4O3S+. The number of rotatable bonds is 8. The molecule has 3 heterocycles. The second kappa shape index (κ2) is 10.9. The third kappa shape index (κ3) is 6.39. The zero-order valence-corrected chi connectivity index (χ0v) is 20.4. The maximum atomic E-state index is 13.9. The summed E-state index contributed by atoms with van der Waals surface area (Å²) in [6.45, 7) is 1.37. The van der Waals surface area contributed by atoms with Crippen LogP contribution in [0.15, 0.2) is 90.8 Å². The molecule has 3 atom stereocenters. The smallest absolute Gasteiger partial charge is 0.230 e. The minimum atomic E-state index is -3.51. The Morgan fingerprint density at radius 1 is 1.03 bits per heavy atom. The molecule has 3 aromatic rings. The number of nitrogens with one attached hydrogen (secondary N) is 2. The van der Waals surface area contributed by atoms with Crippen LogP contribution in [0.1, 0.15) is 28.7 Å². The SMILES string of the molecule is CO[NH+]1CC=CC(C(c2cccnc2)C(c2ccc(F)cc2)c2cccc(NS(C)(=O)=O)n2)=CC1. The Morgan fingerprint density at radius 2 is 1.83 bits per heavy atom. The molecule has 0 fully saturated rings. The molecule has 1 aromatic carbocycles. The molecule has 2 N–H and O–H groups in total. The van der Waals surface area contributed by atoms with Gasteiger partial charge in [0.25, 0.3) is 0 Å². The lowest BCUT2D eigenvalue weighted by molar-refractivity contribution is -1.08. The number of sulfonamides is 1. The molecule has 35 heavy (non-hydrogen) atoms. The van der Waals surface area contributed by atoms with E-state index in [0.29, 0.717) is 18.8 Å². The van der Waals surface area contributed by atoms with Gasteiger partial charge in [-0.1, -0.05) is 30.3 Å². The molecule has 0 aliphatic carbocycles. The van der Waals surface area contributed by atoms with Crippen LogP contribution in [0, 0.1) is 5.82 Å². The number of quaternary nitrogens is 1. The predicted octanol–water partition coefficient (Wildman–Crippen LogP) is 2.85. The van der Waals surface area contributed by atoms with E-state index >= 15 is 0 Å². The third-order valence-electron chi connectivity index (χ3n) is 5.85. The van der Waals surface area contributed by atoms with Crippen molar-refractivity contribution >= 4 is 15.8 Å². The molecule has 0 saturated heterocycles. The van der Waals surface area contributed by atoms with Crippen LogP contribution in [0.2, 0.25) is 0 Å². The van der Waals surface area contributed by atoms with Crippen LogP contribution in [-0.4, -0.2) is 44.8 Å². The maximum Gasteiger partial charge on any atom is 0.230 e. The second-order valence-corrected chi connectivity index (χ2v) is 10.1. The van der Waals surface area contributed by atoms with E-state index in [9.17, 15) is 12.8 Å². The molecule has 1 aliphatic heterocycles. The first-order valence-corrected chi connectivity index (χ1v) is 13.1. The van der Waals surface area contributed by atoms with Crippen molar-refractivity contribution in [1.29, 1.82) is 0 Å². The fourth-order valence-corrected chi connectivity index (χ4v) is 4.81. The third-order valence-corrected chi connectivity index (χ3v) is 6.43. The standard InChI is InChI=1S/C26H27FN4O3S/c1-34-31-16-5-7-19(14-17-31)25(21-6-4-15-28-18-21)26(20-10-12-22(27)13-11-20)23-8-3-9-24(29-23)30-35(2,32)33/h3-15,18,25-26H,16-17H2,1-2H3,(H,29,30)/p+1. The summed E-state index contributed by atoms with van der Waals surface area (Å²) in [6, 6.07) is 15.5. The summed E-state index contributed by atoms with van der Waals surface area (Å²) in [5.41, 5.74) is 3.50.